The molecule has 31 heavy (non-hydrogen) atoms. The number of alkyl halides is 3. The van der Waals surface area contributed by atoms with Gasteiger partial charge in [0, 0.05) is 5.56 Å². The second-order valence-electron chi connectivity index (χ2n) is 6.62. The molecule has 4 rings (SSSR count). The first-order chi connectivity index (χ1) is 14.8. The van der Waals surface area contributed by atoms with Crippen LogP contribution in [0.15, 0.2) is 61.2 Å². The van der Waals surface area contributed by atoms with Crippen molar-refractivity contribution < 1.29 is 18.0 Å². The molecule has 0 bridgehead atoms. The highest BCUT2D eigenvalue weighted by molar-refractivity contribution is 5.93. The Kier molecular flexibility index (Phi) is 5.24. The Labute approximate surface area is 174 Å². The zero-order valence-electron chi connectivity index (χ0n) is 16.2. The summed E-state index contributed by atoms with van der Waals surface area (Å²) in [7, 11) is 0. The van der Waals surface area contributed by atoms with Gasteiger partial charge in [0.15, 0.2) is 5.82 Å². The third-order valence-corrected chi connectivity index (χ3v) is 4.37. The zero-order valence-corrected chi connectivity index (χ0v) is 16.2. The molecule has 0 aliphatic rings. The molecule has 0 unspecified atom stereocenters. The summed E-state index contributed by atoms with van der Waals surface area (Å²) in [6.45, 7) is 1.45. The largest absolute Gasteiger partial charge is 0.416 e. The summed E-state index contributed by atoms with van der Waals surface area (Å²) >= 11 is 0. The van der Waals surface area contributed by atoms with Crippen LogP contribution in [0.5, 0.6) is 0 Å². The fraction of sp³-hybridized carbons (Fsp3) is 0.150. The van der Waals surface area contributed by atoms with Gasteiger partial charge < -0.3 is 5.32 Å². The Morgan fingerprint density at radius 1 is 1.13 bits per heavy atom. The van der Waals surface area contributed by atoms with Crippen LogP contribution in [0, 0.1) is 6.92 Å². The van der Waals surface area contributed by atoms with E-state index in [1.165, 1.54) is 28.1 Å². The first kappa shape index (κ1) is 20.3. The number of nitrogens with zero attached hydrogens (tertiary/aromatic N) is 6. The average molecular weight is 427 g/mol. The van der Waals surface area contributed by atoms with Gasteiger partial charge in [-0.1, -0.05) is 30.3 Å². The van der Waals surface area contributed by atoms with Gasteiger partial charge in [0.25, 0.3) is 0 Å². The Morgan fingerprint density at radius 2 is 1.90 bits per heavy atom. The van der Waals surface area contributed by atoms with E-state index in [1.54, 1.807) is 6.92 Å². The third-order valence-electron chi connectivity index (χ3n) is 4.37. The molecule has 0 spiro atoms. The maximum absolute atomic E-state index is 13.2. The minimum absolute atomic E-state index is 0.0524. The Hall–Kier alpha value is -4.02. The van der Waals surface area contributed by atoms with E-state index in [9.17, 15) is 18.0 Å². The van der Waals surface area contributed by atoms with Gasteiger partial charge in [-0.3, -0.25) is 4.79 Å². The molecule has 11 heteroatoms. The summed E-state index contributed by atoms with van der Waals surface area (Å²) in [4.78, 5) is 20.9. The predicted molar refractivity (Wildman–Crippen MR) is 105 cm³/mol. The molecular formula is C20H16F3N7O. The summed E-state index contributed by atoms with van der Waals surface area (Å²) in [6, 6.07) is 12.2. The van der Waals surface area contributed by atoms with Crippen molar-refractivity contribution >= 4 is 11.6 Å². The van der Waals surface area contributed by atoms with Crippen LogP contribution in [-0.4, -0.2) is 35.4 Å². The second kappa shape index (κ2) is 8.01. The van der Waals surface area contributed by atoms with E-state index in [1.807, 2.05) is 30.3 Å². The number of hydrogen-bond donors (Lipinski definition) is 1. The van der Waals surface area contributed by atoms with Crippen molar-refractivity contribution in [3.63, 3.8) is 0 Å². The normalized spacial score (nSPS) is 11.5. The van der Waals surface area contributed by atoms with Crippen molar-refractivity contribution in [3.05, 3.63) is 72.6 Å². The Morgan fingerprint density at radius 3 is 2.58 bits per heavy atom. The van der Waals surface area contributed by atoms with Crippen LogP contribution in [0.3, 0.4) is 0 Å². The van der Waals surface area contributed by atoms with Crippen molar-refractivity contribution in [2.75, 3.05) is 5.32 Å². The SMILES string of the molecule is Cc1nc(-c2ccccc2)n(CC(=O)Nc2cc(C(F)(F)F)ccc2-n2cncn2)n1. The summed E-state index contributed by atoms with van der Waals surface area (Å²) < 4.78 is 42.3. The summed E-state index contributed by atoms with van der Waals surface area (Å²) in [6.07, 6.45) is -2.00. The van der Waals surface area contributed by atoms with Crippen molar-refractivity contribution in [1.29, 1.82) is 0 Å². The van der Waals surface area contributed by atoms with Crippen molar-refractivity contribution in [2.45, 2.75) is 19.6 Å². The molecular weight excluding hydrogens is 411 g/mol. The second-order valence-corrected chi connectivity index (χ2v) is 6.62. The molecule has 4 aromatic rings. The quantitative estimate of drug-likeness (QED) is 0.527. The molecule has 1 amide bonds. The average Bonchev–Trinajstić information content (AvgIpc) is 3.38. The molecule has 2 heterocycles. The molecule has 0 saturated heterocycles. The van der Waals surface area contributed by atoms with E-state index in [0.717, 1.165) is 17.7 Å². The number of rotatable bonds is 5. The number of hydrogen-bond acceptors (Lipinski definition) is 5. The Bertz CT molecular complexity index is 1200. The van der Waals surface area contributed by atoms with E-state index in [0.29, 0.717) is 11.6 Å². The topological polar surface area (TPSA) is 90.5 Å². The minimum Gasteiger partial charge on any atom is -0.323 e. The van der Waals surface area contributed by atoms with Gasteiger partial charge in [0.2, 0.25) is 5.91 Å². The number of nitrogens with one attached hydrogen (secondary N) is 1. The van der Waals surface area contributed by atoms with Gasteiger partial charge in [-0.15, -0.1) is 0 Å². The number of aryl methyl sites for hydroxylation is 1. The highest BCUT2D eigenvalue weighted by atomic mass is 19.4. The van der Waals surface area contributed by atoms with Crippen LogP contribution in [0.2, 0.25) is 0 Å². The van der Waals surface area contributed by atoms with Crippen LogP contribution >= 0.6 is 0 Å². The van der Waals surface area contributed by atoms with Gasteiger partial charge in [0.05, 0.1) is 16.9 Å². The molecule has 2 aromatic carbocycles. The Balaban J connectivity index is 1.64. The first-order valence-corrected chi connectivity index (χ1v) is 9.14. The maximum atomic E-state index is 13.2. The number of carbonyl (C=O) groups excluding carboxylic acids is 1. The fourth-order valence-electron chi connectivity index (χ4n) is 3.04. The van der Waals surface area contributed by atoms with Gasteiger partial charge in [-0.25, -0.2) is 19.3 Å². The number of halogens is 3. The number of aromatic nitrogens is 6. The molecule has 158 valence electrons. The molecule has 0 saturated carbocycles. The summed E-state index contributed by atoms with van der Waals surface area (Å²) in [5.41, 5.74) is 0.0619. The van der Waals surface area contributed by atoms with E-state index in [2.05, 4.69) is 25.5 Å². The predicted octanol–water partition coefficient (Wildman–Crippen LogP) is 3.49. The lowest BCUT2D eigenvalue weighted by Crippen LogP contribution is -2.21. The van der Waals surface area contributed by atoms with Crippen LogP contribution in [0.25, 0.3) is 17.1 Å². The molecule has 1 N–H and O–H groups in total. The first-order valence-electron chi connectivity index (χ1n) is 9.14. The van der Waals surface area contributed by atoms with E-state index < -0.39 is 17.6 Å². The van der Waals surface area contributed by atoms with Crippen LogP contribution in [0.4, 0.5) is 18.9 Å². The number of carbonyl (C=O) groups is 1. The standard InChI is InChI=1S/C20H16F3N7O/c1-13-26-19(14-5-3-2-4-6-14)29(28-13)10-18(31)27-16-9-15(20(21,22)23)7-8-17(16)30-12-24-11-25-30/h2-9,11-12H,10H2,1H3,(H,27,31). The molecule has 0 radical (unpaired) electrons. The van der Waals surface area contributed by atoms with E-state index in [-0.39, 0.29) is 17.9 Å². The van der Waals surface area contributed by atoms with Gasteiger partial charge in [-0.2, -0.15) is 23.4 Å². The highest BCUT2D eigenvalue weighted by Gasteiger charge is 2.31. The van der Waals surface area contributed by atoms with Crippen LogP contribution in [0.1, 0.15) is 11.4 Å². The zero-order chi connectivity index (χ0) is 22.0. The smallest absolute Gasteiger partial charge is 0.323 e. The lowest BCUT2D eigenvalue weighted by Gasteiger charge is -2.14. The van der Waals surface area contributed by atoms with Gasteiger partial charge in [0.1, 0.15) is 25.0 Å². The van der Waals surface area contributed by atoms with Gasteiger partial charge in [-0.05, 0) is 25.1 Å². The molecule has 8 nitrogen and oxygen atoms in total. The van der Waals surface area contributed by atoms with E-state index in [4.69, 9.17) is 0 Å². The lowest BCUT2D eigenvalue weighted by molar-refractivity contribution is -0.137. The molecule has 0 aliphatic carbocycles. The van der Waals surface area contributed by atoms with E-state index >= 15 is 0 Å². The molecule has 0 aliphatic heterocycles. The maximum Gasteiger partial charge on any atom is 0.416 e. The minimum atomic E-state index is -4.57. The van der Waals surface area contributed by atoms with Crippen LogP contribution < -0.4 is 5.32 Å². The van der Waals surface area contributed by atoms with Crippen LogP contribution in [-0.2, 0) is 17.5 Å². The van der Waals surface area contributed by atoms with Crippen molar-refractivity contribution in [1.82, 2.24) is 29.5 Å². The number of anilines is 1. The lowest BCUT2D eigenvalue weighted by atomic mass is 10.1. The monoisotopic (exact) mass is 427 g/mol. The summed E-state index contributed by atoms with van der Waals surface area (Å²) in [5.74, 6) is 0.380. The number of benzene rings is 2. The molecule has 0 fully saturated rings. The molecule has 2 aromatic heterocycles. The van der Waals surface area contributed by atoms with Gasteiger partial charge >= 0.3 is 6.18 Å². The fourth-order valence-corrected chi connectivity index (χ4v) is 3.04. The number of amides is 1. The molecule has 0 atom stereocenters. The third kappa shape index (κ3) is 4.44. The van der Waals surface area contributed by atoms with Crippen molar-refractivity contribution in [3.8, 4) is 17.1 Å². The highest BCUT2D eigenvalue weighted by Crippen LogP contribution is 2.33. The summed E-state index contributed by atoms with van der Waals surface area (Å²) in [5, 5.41) is 10.7. The van der Waals surface area contributed by atoms with Crippen molar-refractivity contribution in [2.24, 2.45) is 0 Å².